The number of carbonyl (C=O) groups excluding carboxylic acids is 2. The fourth-order valence-corrected chi connectivity index (χ4v) is 2.96. The van der Waals surface area contributed by atoms with Crippen LogP contribution in [0, 0.1) is 6.92 Å². The molecule has 0 saturated carbocycles. The molecule has 0 spiro atoms. The molecule has 148 valence electrons. The van der Waals surface area contributed by atoms with Gasteiger partial charge in [-0.2, -0.15) is 0 Å². The number of anilines is 1. The molecule has 0 saturated heterocycles. The van der Waals surface area contributed by atoms with Crippen LogP contribution in [0.25, 0.3) is 0 Å². The van der Waals surface area contributed by atoms with Crippen LogP contribution in [0.5, 0.6) is 5.75 Å². The first-order valence-corrected chi connectivity index (χ1v) is 9.42. The number of hydrogen-bond acceptors (Lipinski definition) is 3. The molecule has 3 aromatic carbocycles. The monoisotopic (exact) mass is 408 g/mol. The van der Waals surface area contributed by atoms with Crippen molar-refractivity contribution in [3.8, 4) is 5.75 Å². The largest absolute Gasteiger partial charge is 0.497 e. The van der Waals surface area contributed by atoms with Crippen LogP contribution in [-0.2, 0) is 4.79 Å². The molecule has 2 N–H and O–H groups in total. The normalized spacial score (nSPS) is 11.4. The first kappa shape index (κ1) is 20.4. The van der Waals surface area contributed by atoms with Crippen LogP contribution < -0.4 is 15.4 Å². The molecule has 3 rings (SSSR count). The summed E-state index contributed by atoms with van der Waals surface area (Å²) in [5.74, 6) is -0.0656. The fraction of sp³-hybridized carbons (Fsp3) is 0.130. The van der Waals surface area contributed by atoms with E-state index < -0.39 is 6.04 Å². The van der Waals surface area contributed by atoms with Gasteiger partial charge in [0.2, 0.25) is 0 Å². The summed E-state index contributed by atoms with van der Waals surface area (Å²) < 4.78 is 5.12. The lowest BCUT2D eigenvalue weighted by atomic mass is 10.0. The highest BCUT2D eigenvalue weighted by Gasteiger charge is 2.24. The van der Waals surface area contributed by atoms with E-state index >= 15 is 0 Å². The van der Waals surface area contributed by atoms with Crippen molar-refractivity contribution in [1.82, 2.24) is 5.32 Å². The van der Waals surface area contributed by atoms with Crippen molar-refractivity contribution < 1.29 is 14.3 Å². The van der Waals surface area contributed by atoms with E-state index in [1.807, 2.05) is 31.2 Å². The molecule has 0 aliphatic heterocycles. The Balaban J connectivity index is 1.86. The number of hydrogen-bond donors (Lipinski definition) is 2. The summed E-state index contributed by atoms with van der Waals surface area (Å²) >= 11 is 5.98. The Bertz CT molecular complexity index is 1000. The van der Waals surface area contributed by atoms with Gasteiger partial charge in [-0.1, -0.05) is 41.9 Å². The summed E-state index contributed by atoms with van der Waals surface area (Å²) in [4.78, 5) is 25.8. The van der Waals surface area contributed by atoms with Crippen LogP contribution in [0.15, 0.2) is 72.8 Å². The quantitative estimate of drug-likeness (QED) is 0.617. The highest BCUT2D eigenvalue weighted by molar-refractivity contribution is 6.30. The van der Waals surface area contributed by atoms with Crippen molar-refractivity contribution in [2.75, 3.05) is 12.4 Å². The molecule has 0 aromatic heterocycles. The SMILES string of the molecule is COc1ccc(C(=O)N[C@@H](C(=O)Nc2ccccc2C)c2ccc(Cl)cc2)cc1. The van der Waals surface area contributed by atoms with Crippen LogP contribution >= 0.6 is 11.6 Å². The van der Waals surface area contributed by atoms with Gasteiger partial charge in [0.15, 0.2) is 0 Å². The number of amides is 2. The standard InChI is InChI=1S/C23H21ClN2O3/c1-15-5-3-4-6-20(15)25-23(28)21(16-7-11-18(24)12-8-16)26-22(27)17-9-13-19(29-2)14-10-17/h3-14,21H,1-2H3,(H,25,28)(H,26,27)/t21-/m1/s1. The van der Waals surface area contributed by atoms with E-state index in [9.17, 15) is 9.59 Å². The topological polar surface area (TPSA) is 67.4 Å². The second-order valence-corrected chi connectivity index (χ2v) is 6.93. The zero-order valence-corrected chi connectivity index (χ0v) is 16.9. The third-order valence-corrected chi connectivity index (χ3v) is 4.75. The van der Waals surface area contributed by atoms with E-state index in [0.29, 0.717) is 27.6 Å². The first-order chi connectivity index (χ1) is 14.0. The molecule has 0 bridgehead atoms. The van der Waals surface area contributed by atoms with Crippen molar-refractivity contribution in [1.29, 1.82) is 0 Å². The highest BCUT2D eigenvalue weighted by atomic mass is 35.5. The van der Waals surface area contributed by atoms with Crippen molar-refractivity contribution in [3.05, 3.63) is 94.5 Å². The molecular formula is C23H21ClN2O3. The van der Waals surface area contributed by atoms with Gasteiger partial charge in [-0.25, -0.2) is 0 Å². The van der Waals surface area contributed by atoms with E-state index in [1.165, 1.54) is 0 Å². The van der Waals surface area contributed by atoms with Crippen LogP contribution in [0.2, 0.25) is 5.02 Å². The second kappa shape index (κ2) is 9.26. The zero-order valence-electron chi connectivity index (χ0n) is 16.1. The molecule has 1 atom stereocenters. The van der Waals surface area contributed by atoms with Gasteiger partial charge in [0.1, 0.15) is 11.8 Å². The molecule has 0 heterocycles. The number of carbonyl (C=O) groups is 2. The smallest absolute Gasteiger partial charge is 0.252 e. The average molecular weight is 409 g/mol. The maximum absolute atomic E-state index is 13.0. The predicted molar refractivity (Wildman–Crippen MR) is 114 cm³/mol. The molecule has 2 amide bonds. The van der Waals surface area contributed by atoms with Gasteiger partial charge in [0, 0.05) is 16.3 Å². The molecule has 3 aromatic rings. The van der Waals surface area contributed by atoms with Gasteiger partial charge in [0.05, 0.1) is 7.11 Å². The van der Waals surface area contributed by atoms with Gasteiger partial charge in [-0.05, 0) is 60.5 Å². The average Bonchev–Trinajstić information content (AvgIpc) is 2.74. The van der Waals surface area contributed by atoms with Crippen LogP contribution in [-0.4, -0.2) is 18.9 Å². The molecule has 0 radical (unpaired) electrons. The van der Waals surface area contributed by atoms with Gasteiger partial charge in [0.25, 0.3) is 11.8 Å². The fourth-order valence-electron chi connectivity index (χ4n) is 2.83. The van der Waals surface area contributed by atoms with Gasteiger partial charge in [-0.3, -0.25) is 9.59 Å². The lowest BCUT2D eigenvalue weighted by Crippen LogP contribution is -2.37. The van der Waals surface area contributed by atoms with E-state index in [1.54, 1.807) is 55.6 Å². The van der Waals surface area contributed by atoms with Gasteiger partial charge >= 0.3 is 0 Å². The maximum atomic E-state index is 13.0. The predicted octanol–water partition coefficient (Wildman–Crippen LogP) is 4.77. The van der Waals surface area contributed by atoms with Crippen LogP contribution in [0.4, 0.5) is 5.69 Å². The zero-order chi connectivity index (χ0) is 20.8. The number of ether oxygens (including phenoxy) is 1. The summed E-state index contributed by atoms with van der Waals surface area (Å²) in [5.41, 5.74) is 2.67. The number of nitrogens with one attached hydrogen (secondary N) is 2. The first-order valence-electron chi connectivity index (χ1n) is 9.05. The Labute approximate surface area is 174 Å². The number of benzene rings is 3. The van der Waals surface area contributed by atoms with Crippen molar-refractivity contribution >= 4 is 29.1 Å². The van der Waals surface area contributed by atoms with Crippen molar-refractivity contribution in [3.63, 3.8) is 0 Å². The minimum atomic E-state index is -0.888. The number of halogens is 1. The summed E-state index contributed by atoms with van der Waals surface area (Å²) in [6.45, 7) is 1.91. The Hall–Kier alpha value is -3.31. The van der Waals surface area contributed by atoms with E-state index in [-0.39, 0.29) is 11.8 Å². The summed E-state index contributed by atoms with van der Waals surface area (Å²) in [7, 11) is 1.56. The maximum Gasteiger partial charge on any atom is 0.252 e. The number of para-hydroxylation sites is 1. The minimum absolute atomic E-state index is 0.344. The van der Waals surface area contributed by atoms with Crippen LogP contribution in [0.3, 0.4) is 0 Å². The molecule has 6 heteroatoms. The van der Waals surface area contributed by atoms with Crippen molar-refractivity contribution in [2.24, 2.45) is 0 Å². The number of methoxy groups -OCH3 is 1. The van der Waals surface area contributed by atoms with Gasteiger partial charge in [-0.15, -0.1) is 0 Å². The molecule has 0 fully saturated rings. The second-order valence-electron chi connectivity index (χ2n) is 6.49. The molecule has 0 aliphatic carbocycles. The number of aryl methyl sites for hydroxylation is 1. The summed E-state index contributed by atoms with van der Waals surface area (Å²) in [6.07, 6.45) is 0. The highest BCUT2D eigenvalue weighted by Crippen LogP contribution is 2.21. The Morgan fingerprint density at radius 1 is 0.931 bits per heavy atom. The Kier molecular flexibility index (Phi) is 6.52. The molecular weight excluding hydrogens is 388 g/mol. The summed E-state index contributed by atoms with van der Waals surface area (Å²) in [6, 6.07) is 20.1. The Morgan fingerprint density at radius 2 is 1.59 bits per heavy atom. The van der Waals surface area contributed by atoms with E-state index in [0.717, 1.165) is 5.56 Å². The summed E-state index contributed by atoms with van der Waals surface area (Å²) in [5, 5.41) is 6.25. The molecule has 0 unspecified atom stereocenters. The third-order valence-electron chi connectivity index (χ3n) is 4.50. The van der Waals surface area contributed by atoms with Crippen molar-refractivity contribution in [2.45, 2.75) is 13.0 Å². The molecule has 29 heavy (non-hydrogen) atoms. The van der Waals surface area contributed by atoms with E-state index in [4.69, 9.17) is 16.3 Å². The van der Waals surface area contributed by atoms with Gasteiger partial charge < -0.3 is 15.4 Å². The van der Waals surface area contributed by atoms with E-state index in [2.05, 4.69) is 10.6 Å². The lowest BCUT2D eigenvalue weighted by Gasteiger charge is -2.20. The number of rotatable bonds is 6. The molecule has 5 nitrogen and oxygen atoms in total. The Morgan fingerprint density at radius 3 is 2.21 bits per heavy atom. The lowest BCUT2D eigenvalue weighted by molar-refractivity contribution is -0.118. The minimum Gasteiger partial charge on any atom is -0.497 e. The van der Waals surface area contributed by atoms with Crippen LogP contribution in [0.1, 0.15) is 27.5 Å². The molecule has 0 aliphatic rings. The third kappa shape index (κ3) is 5.15.